The number of aromatic nitrogens is 3. The third-order valence-electron chi connectivity index (χ3n) is 2.88. The number of thioether (sulfide) groups is 1. The third kappa shape index (κ3) is 5.95. The van der Waals surface area contributed by atoms with E-state index in [9.17, 15) is 22.8 Å². The standard InChI is InChI=1S/C14H14F3N5O3S/c1-25-10-4-2-3-9(5-10)22-8-19-21-13(22)26-6-11(23)20-12(24)18-7-14(15,16)17/h2-5,8H,6-7H2,1H3,(H2,18,20,23,24). The van der Waals surface area contributed by atoms with Gasteiger partial charge in [0.1, 0.15) is 18.6 Å². The highest BCUT2D eigenvalue weighted by molar-refractivity contribution is 7.99. The van der Waals surface area contributed by atoms with Crippen LogP contribution in [0.5, 0.6) is 5.75 Å². The summed E-state index contributed by atoms with van der Waals surface area (Å²) in [7, 11) is 1.52. The first kappa shape index (κ1) is 19.6. The van der Waals surface area contributed by atoms with Crippen LogP contribution in [0.15, 0.2) is 35.7 Å². The quantitative estimate of drug-likeness (QED) is 0.731. The Balaban J connectivity index is 1.91. The maximum Gasteiger partial charge on any atom is 0.405 e. The van der Waals surface area contributed by atoms with Crippen molar-refractivity contribution in [1.82, 2.24) is 25.4 Å². The van der Waals surface area contributed by atoms with Crippen molar-refractivity contribution in [3.63, 3.8) is 0 Å². The summed E-state index contributed by atoms with van der Waals surface area (Å²) in [6, 6.07) is 5.81. The number of urea groups is 1. The molecule has 140 valence electrons. The Bertz CT molecular complexity index is 781. The molecule has 0 saturated carbocycles. The number of carbonyl (C=O) groups excluding carboxylic acids is 2. The Kier molecular flexibility index (Phi) is 6.44. The lowest BCUT2D eigenvalue weighted by Gasteiger charge is -2.09. The van der Waals surface area contributed by atoms with Crippen molar-refractivity contribution in [1.29, 1.82) is 0 Å². The third-order valence-corrected chi connectivity index (χ3v) is 3.83. The lowest BCUT2D eigenvalue weighted by Crippen LogP contribution is -2.43. The van der Waals surface area contributed by atoms with Crippen molar-refractivity contribution in [2.24, 2.45) is 0 Å². The predicted octanol–water partition coefficient (Wildman–Crippen LogP) is 1.76. The number of ether oxygens (including phenoxy) is 1. The van der Waals surface area contributed by atoms with E-state index < -0.39 is 24.7 Å². The van der Waals surface area contributed by atoms with Gasteiger partial charge in [-0.2, -0.15) is 13.2 Å². The fourth-order valence-corrected chi connectivity index (χ4v) is 2.51. The van der Waals surface area contributed by atoms with Gasteiger partial charge in [-0.3, -0.25) is 14.7 Å². The molecule has 12 heteroatoms. The summed E-state index contributed by atoms with van der Waals surface area (Å²) in [6.45, 7) is -1.52. The van der Waals surface area contributed by atoms with Gasteiger partial charge in [0, 0.05) is 6.07 Å². The minimum absolute atomic E-state index is 0.234. The first-order valence-corrected chi connectivity index (χ1v) is 8.09. The van der Waals surface area contributed by atoms with Gasteiger partial charge in [-0.1, -0.05) is 17.8 Å². The minimum atomic E-state index is -4.55. The van der Waals surface area contributed by atoms with E-state index in [1.54, 1.807) is 39.5 Å². The SMILES string of the molecule is COc1cccc(-n2cnnc2SCC(=O)NC(=O)NCC(F)(F)F)c1. The van der Waals surface area contributed by atoms with Crippen molar-refractivity contribution in [2.75, 3.05) is 19.4 Å². The van der Waals surface area contributed by atoms with Gasteiger partial charge in [0.2, 0.25) is 5.91 Å². The van der Waals surface area contributed by atoms with Gasteiger partial charge in [0.05, 0.1) is 18.6 Å². The number of alkyl halides is 3. The summed E-state index contributed by atoms with van der Waals surface area (Å²) in [5, 5.41) is 11.4. The molecule has 1 aromatic carbocycles. The van der Waals surface area contributed by atoms with Crippen LogP contribution >= 0.6 is 11.8 Å². The summed E-state index contributed by atoms with van der Waals surface area (Å²) in [4.78, 5) is 22.9. The van der Waals surface area contributed by atoms with Crippen molar-refractivity contribution in [2.45, 2.75) is 11.3 Å². The molecule has 0 aliphatic heterocycles. The molecule has 2 rings (SSSR count). The van der Waals surface area contributed by atoms with Gasteiger partial charge in [0.15, 0.2) is 5.16 Å². The summed E-state index contributed by atoms with van der Waals surface area (Å²) in [5.74, 6) is -0.386. The van der Waals surface area contributed by atoms with E-state index >= 15 is 0 Å². The summed E-state index contributed by atoms with van der Waals surface area (Å²) in [6.07, 6.45) is -3.12. The average Bonchev–Trinajstić information content (AvgIpc) is 3.06. The second-order valence-electron chi connectivity index (χ2n) is 4.82. The molecule has 1 aromatic heterocycles. The molecule has 1 heterocycles. The molecule has 2 N–H and O–H groups in total. The fraction of sp³-hybridized carbons (Fsp3) is 0.286. The number of nitrogens with zero attached hydrogens (tertiary/aromatic N) is 3. The number of amides is 3. The summed E-state index contributed by atoms with van der Waals surface area (Å²) < 4.78 is 42.7. The van der Waals surface area contributed by atoms with Crippen LogP contribution in [0.2, 0.25) is 0 Å². The van der Waals surface area contributed by atoms with E-state index in [0.717, 1.165) is 11.8 Å². The number of rotatable bonds is 6. The molecule has 0 fully saturated rings. The molecule has 0 radical (unpaired) electrons. The molecule has 0 aliphatic carbocycles. The molecule has 3 amide bonds. The number of imide groups is 1. The van der Waals surface area contributed by atoms with E-state index in [4.69, 9.17) is 4.74 Å². The molecule has 26 heavy (non-hydrogen) atoms. The van der Waals surface area contributed by atoms with Crippen molar-refractivity contribution < 1.29 is 27.5 Å². The monoisotopic (exact) mass is 389 g/mol. The maximum absolute atomic E-state index is 12.0. The van der Waals surface area contributed by atoms with E-state index in [-0.39, 0.29) is 5.75 Å². The molecule has 0 saturated heterocycles. The normalized spacial score (nSPS) is 11.1. The van der Waals surface area contributed by atoms with Crippen molar-refractivity contribution >= 4 is 23.7 Å². The summed E-state index contributed by atoms with van der Waals surface area (Å²) >= 11 is 0.970. The van der Waals surface area contributed by atoms with Gasteiger partial charge in [-0.05, 0) is 12.1 Å². The maximum atomic E-state index is 12.0. The van der Waals surface area contributed by atoms with Gasteiger partial charge < -0.3 is 10.1 Å². The second kappa shape index (κ2) is 8.56. The van der Waals surface area contributed by atoms with E-state index in [0.29, 0.717) is 16.6 Å². The van der Waals surface area contributed by atoms with Gasteiger partial charge in [0.25, 0.3) is 0 Å². The largest absolute Gasteiger partial charge is 0.497 e. The number of methoxy groups -OCH3 is 1. The Morgan fingerprint density at radius 1 is 1.35 bits per heavy atom. The topological polar surface area (TPSA) is 98.1 Å². The van der Waals surface area contributed by atoms with Crippen LogP contribution < -0.4 is 15.4 Å². The van der Waals surface area contributed by atoms with Gasteiger partial charge in [-0.15, -0.1) is 10.2 Å². The molecular weight excluding hydrogens is 375 g/mol. The Morgan fingerprint density at radius 3 is 2.81 bits per heavy atom. The highest BCUT2D eigenvalue weighted by atomic mass is 32.2. The number of halogens is 3. The van der Waals surface area contributed by atoms with E-state index in [1.807, 2.05) is 0 Å². The smallest absolute Gasteiger partial charge is 0.405 e. The zero-order chi connectivity index (χ0) is 19.2. The minimum Gasteiger partial charge on any atom is -0.497 e. The first-order chi connectivity index (χ1) is 12.3. The highest BCUT2D eigenvalue weighted by Gasteiger charge is 2.28. The first-order valence-electron chi connectivity index (χ1n) is 7.10. The lowest BCUT2D eigenvalue weighted by molar-refractivity contribution is -0.124. The summed E-state index contributed by atoms with van der Waals surface area (Å²) in [5.41, 5.74) is 0.695. The van der Waals surface area contributed by atoms with Crippen LogP contribution in [0, 0.1) is 0 Å². The molecule has 0 atom stereocenters. The number of hydrogen-bond donors (Lipinski definition) is 2. The van der Waals surface area contributed by atoms with Crippen molar-refractivity contribution in [3.05, 3.63) is 30.6 Å². The van der Waals surface area contributed by atoms with Crippen LogP contribution in [0.3, 0.4) is 0 Å². The number of nitrogens with one attached hydrogen (secondary N) is 2. The van der Waals surface area contributed by atoms with Crippen molar-refractivity contribution in [3.8, 4) is 11.4 Å². The van der Waals surface area contributed by atoms with Crippen LogP contribution in [-0.4, -0.2) is 52.3 Å². The highest BCUT2D eigenvalue weighted by Crippen LogP contribution is 2.22. The Morgan fingerprint density at radius 2 is 2.12 bits per heavy atom. The molecule has 0 bridgehead atoms. The predicted molar refractivity (Wildman–Crippen MR) is 86.2 cm³/mol. The van der Waals surface area contributed by atoms with Crippen LogP contribution in [-0.2, 0) is 4.79 Å². The average molecular weight is 389 g/mol. The van der Waals surface area contributed by atoms with Crippen LogP contribution in [0.1, 0.15) is 0 Å². The molecule has 2 aromatic rings. The zero-order valence-electron chi connectivity index (χ0n) is 13.4. The number of hydrogen-bond acceptors (Lipinski definition) is 6. The Labute approximate surface area is 150 Å². The van der Waals surface area contributed by atoms with Gasteiger partial charge >= 0.3 is 12.2 Å². The van der Waals surface area contributed by atoms with Crippen LogP contribution in [0.4, 0.5) is 18.0 Å². The molecule has 0 unspecified atom stereocenters. The molecule has 0 spiro atoms. The van der Waals surface area contributed by atoms with E-state index in [1.165, 1.54) is 13.4 Å². The van der Waals surface area contributed by atoms with Crippen LogP contribution in [0.25, 0.3) is 5.69 Å². The van der Waals surface area contributed by atoms with E-state index in [2.05, 4.69) is 10.2 Å². The fourth-order valence-electron chi connectivity index (χ4n) is 1.78. The molecule has 8 nitrogen and oxygen atoms in total. The zero-order valence-corrected chi connectivity index (χ0v) is 14.2. The second-order valence-corrected chi connectivity index (χ2v) is 5.76. The van der Waals surface area contributed by atoms with Gasteiger partial charge in [-0.25, -0.2) is 4.79 Å². The molecule has 0 aliphatic rings. The number of carbonyl (C=O) groups is 2. The number of benzene rings is 1. The lowest BCUT2D eigenvalue weighted by atomic mass is 10.3. The molecular formula is C14H14F3N5O3S. The Hall–Kier alpha value is -2.76.